The Bertz CT molecular complexity index is 816. The lowest BCUT2D eigenvalue weighted by Crippen LogP contribution is -2.21. The Morgan fingerprint density at radius 2 is 2.04 bits per heavy atom. The van der Waals surface area contributed by atoms with Gasteiger partial charge in [0.05, 0.1) is 20.3 Å². The van der Waals surface area contributed by atoms with Crippen molar-refractivity contribution in [1.82, 2.24) is 9.88 Å². The van der Waals surface area contributed by atoms with Crippen molar-refractivity contribution in [2.75, 3.05) is 38.7 Å². The topological polar surface area (TPSA) is 59.0 Å². The average Bonchev–Trinajstić information content (AvgIpc) is 3.37. The fraction of sp³-hybridized carbons (Fsp3) is 0.429. The van der Waals surface area contributed by atoms with Crippen LogP contribution in [0, 0.1) is 0 Å². The normalized spacial score (nSPS) is 15.7. The van der Waals surface area contributed by atoms with Crippen molar-refractivity contribution in [3.63, 3.8) is 0 Å². The van der Waals surface area contributed by atoms with Gasteiger partial charge in [-0.3, -0.25) is 4.99 Å². The molecule has 6 heteroatoms. The van der Waals surface area contributed by atoms with E-state index < -0.39 is 0 Å². The number of hydrogen-bond donors (Lipinski definition) is 1. The number of fused-ring (bicyclic) bond motifs is 1. The molecule has 0 radical (unpaired) electrons. The molecule has 3 heterocycles. The summed E-state index contributed by atoms with van der Waals surface area (Å²) in [5.74, 6) is 2.32. The molecule has 0 unspecified atom stereocenters. The van der Waals surface area contributed by atoms with Gasteiger partial charge in [0.2, 0.25) is 0 Å². The molecule has 2 aromatic rings. The zero-order valence-electron chi connectivity index (χ0n) is 15.8. The van der Waals surface area contributed by atoms with Crippen molar-refractivity contribution >= 4 is 17.7 Å². The van der Waals surface area contributed by atoms with Gasteiger partial charge in [0.25, 0.3) is 0 Å². The summed E-state index contributed by atoms with van der Waals surface area (Å²) in [5.41, 5.74) is 3.17. The van der Waals surface area contributed by atoms with Crippen molar-refractivity contribution < 1.29 is 9.47 Å². The molecule has 27 heavy (non-hydrogen) atoms. The molecule has 6 nitrogen and oxygen atoms in total. The number of nitrogens with zero attached hydrogens (tertiary/aromatic N) is 3. The number of ether oxygens (including phenoxy) is 2. The minimum Gasteiger partial charge on any atom is -0.493 e. The summed E-state index contributed by atoms with van der Waals surface area (Å²) in [6.07, 6.45) is 7.36. The zero-order chi connectivity index (χ0) is 18.5. The molecule has 4 rings (SSSR count). The van der Waals surface area contributed by atoms with Gasteiger partial charge in [0.15, 0.2) is 11.5 Å². The molecule has 0 spiro atoms. The van der Waals surface area contributed by atoms with Crippen molar-refractivity contribution in [3.05, 3.63) is 41.6 Å². The lowest BCUT2D eigenvalue weighted by molar-refractivity contribution is 0.254. The Morgan fingerprint density at radius 1 is 1.15 bits per heavy atom. The minimum absolute atomic E-state index is 0.682. The number of methoxy groups -OCH3 is 1. The quantitative estimate of drug-likeness (QED) is 0.723. The lowest BCUT2D eigenvalue weighted by atomic mass is 10.1. The molecule has 1 N–H and O–H groups in total. The van der Waals surface area contributed by atoms with Gasteiger partial charge in [-0.05, 0) is 56.1 Å². The molecule has 0 amide bonds. The minimum atomic E-state index is 0.682. The number of nitrogens with one attached hydrogen (secondary N) is 1. The molecule has 142 valence electrons. The van der Waals surface area contributed by atoms with E-state index in [2.05, 4.69) is 20.2 Å². The van der Waals surface area contributed by atoms with E-state index in [0.717, 1.165) is 48.1 Å². The first kappa shape index (κ1) is 17.8. The lowest BCUT2D eigenvalue weighted by Gasteiger charge is -2.16. The monoisotopic (exact) mass is 366 g/mol. The highest BCUT2D eigenvalue weighted by Gasteiger charge is 2.14. The summed E-state index contributed by atoms with van der Waals surface area (Å²) in [4.78, 5) is 11.3. The zero-order valence-corrected chi connectivity index (χ0v) is 15.8. The summed E-state index contributed by atoms with van der Waals surface area (Å²) in [5, 5.41) is 3.39. The van der Waals surface area contributed by atoms with E-state index in [1.54, 1.807) is 7.11 Å². The Morgan fingerprint density at radius 3 is 2.89 bits per heavy atom. The Kier molecular flexibility index (Phi) is 5.53. The van der Waals surface area contributed by atoms with Crippen LogP contribution in [0.1, 0.15) is 30.4 Å². The summed E-state index contributed by atoms with van der Waals surface area (Å²) >= 11 is 0. The highest BCUT2D eigenvalue weighted by Crippen LogP contribution is 2.32. The van der Waals surface area contributed by atoms with Crippen molar-refractivity contribution in [2.45, 2.75) is 25.8 Å². The van der Waals surface area contributed by atoms with Gasteiger partial charge in [0.1, 0.15) is 5.82 Å². The van der Waals surface area contributed by atoms with Crippen LogP contribution in [0.15, 0.2) is 35.5 Å². The van der Waals surface area contributed by atoms with Crippen LogP contribution in [-0.2, 0) is 6.54 Å². The van der Waals surface area contributed by atoms with E-state index in [0.29, 0.717) is 6.61 Å². The molecule has 1 aromatic carbocycles. The van der Waals surface area contributed by atoms with E-state index in [4.69, 9.17) is 9.47 Å². The molecule has 2 aliphatic rings. The molecule has 0 aliphatic carbocycles. The Balaban J connectivity index is 1.41. The second-order valence-electron chi connectivity index (χ2n) is 6.94. The third-order valence-electron chi connectivity index (χ3n) is 5.06. The van der Waals surface area contributed by atoms with Gasteiger partial charge in [-0.25, -0.2) is 4.98 Å². The number of rotatable bonds is 8. The van der Waals surface area contributed by atoms with Gasteiger partial charge >= 0.3 is 0 Å². The summed E-state index contributed by atoms with van der Waals surface area (Å²) in [6.45, 7) is 4.95. The van der Waals surface area contributed by atoms with Crippen LogP contribution in [0.25, 0.3) is 0 Å². The molecule has 0 saturated carbocycles. The largest absolute Gasteiger partial charge is 0.493 e. The third-order valence-corrected chi connectivity index (χ3v) is 5.06. The van der Waals surface area contributed by atoms with Crippen LogP contribution < -0.4 is 14.8 Å². The predicted molar refractivity (Wildman–Crippen MR) is 108 cm³/mol. The molecule has 0 atom stereocenters. The molecule has 2 aliphatic heterocycles. The van der Waals surface area contributed by atoms with Gasteiger partial charge in [-0.1, -0.05) is 0 Å². The van der Waals surface area contributed by atoms with Crippen LogP contribution >= 0.6 is 0 Å². The molecular formula is C21H26N4O2. The highest BCUT2D eigenvalue weighted by atomic mass is 16.5. The summed E-state index contributed by atoms with van der Waals surface area (Å²) < 4.78 is 11.5. The van der Waals surface area contributed by atoms with Crippen LogP contribution in [0.3, 0.4) is 0 Å². The number of likely N-dealkylation sites (tertiary alicyclic amines) is 1. The predicted octanol–water partition coefficient (Wildman–Crippen LogP) is 3.63. The standard InChI is InChI=1S/C21H26N4O2/c1-26-19-6-5-17(24-21-18-15-22-14-16(18)7-8-23-21)13-20(19)27-12-4-11-25-9-2-3-10-25/h5-8,13,15H,2-4,9-12,14H2,1H3,(H,23,24). The maximum atomic E-state index is 6.02. The fourth-order valence-corrected chi connectivity index (χ4v) is 3.61. The van der Waals surface area contributed by atoms with Gasteiger partial charge < -0.3 is 19.7 Å². The first-order valence-corrected chi connectivity index (χ1v) is 9.61. The Labute approximate surface area is 160 Å². The van der Waals surface area contributed by atoms with Gasteiger partial charge in [-0.15, -0.1) is 0 Å². The second-order valence-corrected chi connectivity index (χ2v) is 6.94. The van der Waals surface area contributed by atoms with E-state index in [-0.39, 0.29) is 0 Å². The molecular weight excluding hydrogens is 340 g/mol. The number of aromatic nitrogens is 1. The van der Waals surface area contributed by atoms with E-state index in [1.165, 1.54) is 31.5 Å². The average molecular weight is 366 g/mol. The Hall–Kier alpha value is -2.60. The summed E-state index contributed by atoms with van der Waals surface area (Å²) in [7, 11) is 1.67. The number of anilines is 2. The highest BCUT2D eigenvalue weighted by molar-refractivity contribution is 5.91. The fourth-order valence-electron chi connectivity index (χ4n) is 3.61. The van der Waals surface area contributed by atoms with Gasteiger partial charge in [0, 0.05) is 36.3 Å². The number of aliphatic imine (C=N–C) groups is 1. The van der Waals surface area contributed by atoms with Crippen LogP contribution in [0.2, 0.25) is 0 Å². The number of pyridine rings is 1. The van der Waals surface area contributed by atoms with Crippen LogP contribution in [0.4, 0.5) is 11.5 Å². The molecule has 1 fully saturated rings. The van der Waals surface area contributed by atoms with Crippen molar-refractivity contribution in [3.8, 4) is 11.5 Å². The van der Waals surface area contributed by atoms with E-state index >= 15 is 0 Å². The molecule has 1 aromatic heterocycles. The smallest absolute Gasteiger partial charge is 0.163 e. The number of hydrogen-bond acceptors (Lipinski definition) is 6. The number of benzene rings is 1. The third kappa shape index (κ3) is 4.22. The van der Waals surface area contributed by atoms with Crippen LogP contribution in [0.5, 0.6) is 11.5 Å². The van der Waals surface area contributed by atoms with Crippen molar-refractivity contribution in [1.29, 1.82) is 0 Å². The maximum Gasteiger partial charge on any atom is 0.163 e. The van der Waals surface area contributed by atoms with E-state index in [1.807, 2.05) is 36.7 Å². The second kappa shape index (κ2) is 8.39. The van der Waals surface area contributed by atoms with Crippen LogP contribution in [-0.4, -0.2) is 49.4 Å². The van der Waals surface area contributed by atoms with Gasteiger partial charge in [-0.2, -0.15) is 0 Å². The van der Waals surface area contributed by atoms with Crippen molar-refractivity contribution in [2.24, 2.45) is 4.99 Å². The summed E-state index contributed by atoms with van der Waals surface area (Å²) in [6, 6.07) is 7.89. The van der Waals surface area contributed by atoms with E-state index in [9.17, 15) is 0 Å². The first-order chi connectivity index (χ1) is 13.3. The molecule has 1 saturated heterocycles. The molecule has 0 bridgehead atoms. The SMILES string of the molecule is COc1ccc(Nc2nccc3c2C=NC3)cc1OCCCN1CCCC1. The maximum absolute atomic E-state index is 6.02. The first-order valence-electron chi connectivity index (χ1n) is 9.61.